The van der Waals surface area contributed by atoms with Crippen molar-refractivity contribution >= 4 is 42.4 Å². The Morgan fingerprint density at radius 3 is 1.89 bits per heavy atom. The average molecular weight is 724 g/mol. The van der Waals surface area contributed by atoms with Crippen molar-refractivity contribution in [1.82, 2.24) is 29.9 Å². The van der Waals surface area contributed by atoms with Crippen molar-refractivity contribution in [3.8, 4) is 5.88 Å². The summed E-state index contributed by atoms with van der Waals surface area (Å²) in [4.78, 5) is 53.9. The van der Waals surface area contributed by atoms with E-state index in [0.29, 0.717) is 52.5 Å². The molecule has 0 saturated heterocycles. The van der Waals surface area contributed by atoms with Crippen molar-refractivity contribution in [2.45, 2.75) is 59.9 Å². The Morgan fingerprint density at radius 1 is 0.872 bits per heavy atom. The molecule has 0 aliphatic carbocycles. The zero-order chi connectivity index (χ0) is 35.8. The van der Waals surface area contributed by atoms with Gasteiger partial charge in [0.25, 0.3) is 0 Å². The SMILES string of the molecule is CCN(C)CC(=O)O[C@H]([Ga])OC(=O)CN(C)CCN(CC)CC(=O)NCC(C)(C)COCC(C)(C)CNC(=O)Cn1cc(C)cc1O. The fourth-order valence-corrected chi connectivity index (χ4v) is 4.90. The number of hydrogen-bond donors (Lipinski definition) is 3. The average Bonchev–Trinajstić information content (AvgIpc) is 3.28. The van der Waals surface area contributed by atoms with Gasteiger partial charge >= 0.3 is 165 Å². The molecule has 2 radical (unpaired) electrons. The molecule has 15 heteroatoms. The summed E-state index contributed by atoms with van der Waals surface area (Å²) in [7, 11) is 3.59. The normalized spacial score (nSPS) is 12.8. The molecule has 14 nitrogen and oxygen atoms in total. The van der Waals surface area contributed by atoms with Crippen molar-refractivity contribution < 1.29 is 38.5 Å². The van der Waals surface area contributed by atoms with E-state index in [-0.39, 0.29) is 54.7 Å². The van der Waals surface area contributed by atoms with Crippen LogP contribution in [0.1, 0.15) is 47.1 Å². The van der Waals surface area contributed by atoms with Gasteiger partial charge in [-0.25, -0.2) is 0 Å². The van der Waals surface area contributed by atoms with E-state index in [2.05, 4.69) is 10.6 Å². The number of esters is 2. The summed E-state index contributed by atoms with van der Waals surface area (Å²) >= 11 is 0.998. The Hall–Kier alpha value is -2.56. The number of nitrogens with zero attached hydrogens (tertiary/aromatic N) is 4. The zero-order valence-electron chi connectivity index (χ0n) is 29.9. The summed E-state index contributed by atoms with van der Waals surface area (Å²) in [5.41, 5.74) is 0.261. The summed E-state index contributed by atoms with van der Waals surface area (Å²) in [5.74, 6) is -1.16. The van der Waals surface area contributed by atoms with E-state index in [4.69, 9.17) is 14.2 Å². The number of aromatic nitrogens is 1. The molecule has 0 saturated carbocycles. The second-order valence-corrected chi connectivity index (χ2v) is 14.8. The molecule has 1 atom stereocenters. The third-order valence-electron chi connectivity index (χ3n) is 7.28. The molecule has 0 unspecified atom stereocenters. The molecule has 0 bridgehead atoms. The maximum absolute atomic E-state index is 12.7. The molecule has 0 aliphatic heterocycles. The van der Waals surface area contributed by atoms with Gasteiger partial charge in [-0.1, -0.05) is 27.7 Å². The van der Waals surface area contributed by atoms with Crippen molar-refractivity contribution in [1.29, 1.82) is 0 Å². The van der Waals surface area contributed by atoms with Crippen LogP contribution in [0.5, 0.6) is 5.88 Å². The van der Waals surface area contributed by atoms with Crippen molar-refractivity contribution in [3.63, 3.8) is 0 Å². The molecule has 266 valence electrons. The van der Waals surface area contributed by atoms with Crippen LogP contribution in [0.25, 0.3) is 0 Å². The van der Waals surface area contributed by atoms with Gasteiger partial charge in [-0.15, -0.1) is 0 Å². The summed E-state index contributed by atoms with van der Waals surface area (Å²) in [5, 5.41) is 15.8. The second-order valence-electron chi connectivity index (χ2n) is 13.7. The summed E-state index contributed by atoms with van der Waals surface area (Å²) < 4.78 is 17.9. The Balaban J connectivity index is 2.34. The Morgan fingerprint density at radius 2 is 1.40 bits per heavy atom. The first kappa shape index (κ1) is 42.5. The Bertz CT molecular complexity index is 1140. The summed E-state index contributed by atoms with van der Waals surface area (Å²) in [6.07, 6.45) is 1.73. The van der Waals surface area contributed by atoms with Gasteiger partial charge in [-0.3, -0.25) is 4.79 Å². The monoisotopic (exact) mass is 722 g/mol. The number of ether oxygens (including phenoxy) is 3. The molecule has 0 spiro atoms. The van der Waals surface area contributed by atoms with Gasteiger partial charge in [0.05, 0.1) is 13.2 Å². The number of likely N-dealkylation sites (N-methyl/N-ethyl adjacent to an activating group) is 3. The first-order chi connectivity index (χ1) is 21.8. The van der Waals surface area contributed by atoms with Crippen LogP contribution in [0.15, 0.2) is 12.3 Å². The maximum atomic E-state index is 12.7. The third-order valence-corrected chi connectivity index (χ3v) is 7.85. The number of nitrogens with one attached hydrogen (secondary N) is 2. The third kappa shape index (κ3) is 19.1. The second kappa shape index (κ2) is 20.7. The molecular formula is C32H57GaN6O8. The first-order valence-electron chi connectivity index (χ1n) is 16.1. The van der Waals surface area contributed by atoms with Crippen LogP contribution in [0.2, 0.25) is 0 Å². The molecule has 0 aromatic carbocycles. The predicted molar refractivity (Wildman–Crippen MR) is 180 cm³/mol. The molecular weight excluding hydrogens is 666 g/mol. The molecule has 1 heterocycles. The van der Waals surface area contributed by atoms with E-state index < -0.39 is 16.8 Å². The topological polar surface area (TPSA) is 155 Å². The smallest absolute Gasteiger partial charge is 0.494 e. The van der Waals surface area contributed by atoms with Gasteiger partial charge in [0.15, 0.2) is 5.88 Å². The number of carbonyl (C=O) groups excluding carboxylic acids is 4. The van der Waals surface area contributed by atoms with Crippen molar-refractivity contribution in [2.75, 3.05) is 86.2 Å². The van der Waals surface area contributed by atoms with Crippen LogP contribution < -0.4 is 10.6 Å². The predicted octanol–water partition coefficient (Wildman–Crippen LogP) is 0.547. The quantitative estimate of drug-likeness (QED) is 0.0824. The Labute approximate surface area is 290 Å². The minimum atomic E-state index is -0.909. The van der Waals surface area contributed by atoms with Crippen LogP contribution in [-0.4, -0.2) is 158 Å². The molecule has 0 fully saturated rings. The summed E-state index contributed by atoms with van der Waals surface area (Å²) in [6, 6.07) is 1.61. The zero-order valence-corrected chi connectivity index (χ0v) is 32.3. The number of rotatable bonds is 23. The van der Waals surface area contributed by atoms with Gasteiger partial charge in [-0.2, -0.15) is 0 Å². The molecule has 1 rings (SSSR count). The van der Waals surface area contributed by atoms with Gasteiger partial charge in [0.2, 0.25) is 5.91 Å². The van der Waals surface area contributed by atoms with Crippen LogP contribution in [-0.2, 0) is 39.9 Å². The van der Waals surface area contributed by atoms with E-state index in [1.165, 1.54) is 4.57 Å². The molecule has 47 heavy (non-hydrogen) atoms. The standard InChI is InChI=1S/C32H57N6O8.Ga/c1-10-35(8)18-29(42)45-24-46-30(43)19-36(9)12-13-37(11-2)16-26(39)33-20-31(4,5)22-44-23-32(6,7)21-34-27(40)17-38-15-25(3)14-28(38)41;/h14-15,24,41H,10-13,16-23H2,1-9H3,(H,33,39)(H,34,40);. The first-order valence-corrected chi connectivity index (χ1v) is 17.5. The number of amides is 2. The van der Waals surface area contributed by atoms with Gasteiger partial charge in [-0.05, 0) is 12.5 Å². The van der Waals surface area contributed by atoms with E-state index in [1.807, 2.05) is 53.4 Å². The van der Waals surface area contributed by atoms with Crippen LogP contribution >= 0.6 is 0 Å². The van der Waals surface area contributed by atoms with Crippen molar-refractivity contribution in [2.24, 2.45) is 10.8 Å². The van der Waals surface area contributed by atoms with Crippen molar-refractivity contribution in [3.05, 3.63) is 17.8 Å². The van der Waals surface area contributed by atoms with Crippen LogP contribution in [0, 0.1) is 17.8 Å². The number of aromatic hydroxyl groups is 1. The number of hydrogen-bond acceptors (Lipinski definition) is 11. The minimum Gasteiger partial charge on any atom is -0.494 e. The van der Waals surface area contributed by atoms with E-state index >= 15 is 0 Å². The van der Waals surface area contributed by atoms with E-state index in [1.54, 1.807) is 36.2 Å². The Kier molecular flexibility index (Phi) is 18.7. The molecule has 3 N–H and O–H groups in total. The van der Waals surface area contributed by atoms with Crippen LogP contribution in [0.3, 0.4) is 0 Å². The fraction of sp³-hybridized carbons (Fsp3) is 0.750. The van der Waals surface area contributed by atoms with Crippen LogP contribution in [0.4, 0.5) is 0 Å². The fourth-order valence-electron chi connectivity index (χ4n) is 4.26. The molecule has 2 amide bonds. The number of carbonyl (C=O) groups is 4. The number of aryl methyl sites for hydroxylation is 1. The van der Waals surface area contributed by atoms with Gasteiger partial charge in [0.1, 0.15) is 6.54 Å². The van der Waals surface area contributed by atoms with Gasteiger partial charge in [0, 0.05) is 29.6 Å². The van der Waals surface area contributed by atoms with Gasteiger partial charge < -0.3 is 19.7 Å². The molecule has 1 aromatic heterocycles. The molecule has 0 aliphatic rings. The minimum absolute atomic E-state index is 0.0338. The van der Waals surface area contributed by atoms with E-state index in [9.17, 15) is 24.3 Å². The summed E-state index contributed by atoms with van der Waals surface area (Å²) in [6.45, 7) is 18.4. The molecule has 1 aromatic rings. The van der Waals surface area contributed by atoms with E-state index in [0.717, 1.165) is 24.2 Å².